The zero-order valence-electron chi connectivity index (χ0n) is 11.7. The maximum Gasteiger partial charge on any atom is 0.335 e. The average Bonchev–Trinajstić information content (AvgIpc) is 2.99. The van der Waals surface area contributed by atoms with Crippen LogP contribution in [0, 0.1) is 0 Å². The molecule has 7 heteroatoms. The molecule has 1 aromatic heterocycles. The van der Waals surface area contributed by atoms with E-state index in [-0.39, 0.29) is 11.3 Å². The normalized spacial score (nSPS) is 10.4. The summed E-state index contributed by atoms with van der Waals surface area (Å²) in [5.41, 5.74) is 2.21. The number of carboxylic acids is 1. The second-order valence-corrected chi connectivity index (χ2v) is 5.59. The van der Waals surface area contributed by atoms with Crippen molar-refractivity contribution in [3.8, 4) is 22.8 Å². The summed E-state index contributed by atoms with van der Waals surface area (Å²) in [5.74, 6) is -1.72. The molecule has 6 nitrogen and oxygen atoms in total. The van der Waals surface area contributed by atoms with E-state index in [0.717, 1.165) is 0 Å². The van der Waals surface area contributed by atoms with E-state index in [1.54, 1.807) is 23.6 Å². The molecule has 0 saturated carbocycles. The van der Waals surface area contributed by atoms with Crippen molar-refractivity contribution >= 4 is 28.1 Å². The third kappa shape index (κ3) is 3.24. The van der Waals surface area contributed by atoms with Crippen molar-refractivity contribution in [2.45, 2.75) is 0 Å². The molecule has 0 spiro atoms. The molecule has 0 atom stereocenters. The Morgan fingerprint density at radius 1 is 1.17 bits per heavy atom. The van der Waals surface area contributed by atoms with Gasteiger partial charge in [-0.2, -0.15) is 0 Å². The molecule has 3 aromatic rings. The minimum atomic E-state index is -0.977. The summed E-state index contributed by atoms with van der Waals surface area (Å²) in [4.78, 5) is 15.2. The number of thiazole rings is 1. The highest BCUT2D eigenvalue weighted by molar-refractivity contribution is 7.14. The number of phenolic OH excluding ortho intramolecular Hbond substituents is 1. The molecule has 3 N–H and O–H groups in total. The Morgan fingerprint density at radius 2 is 1.91 bits per heavy atom. The van der Waals surface area contributed by atoms with Gasteiger partial charge in [-0.25, -0.2) is 9.78 Å². The summed E-state index contributed by atoms with van der Waals surface area (Å²) in [5, 5.41) is 35.0. The van der Waals surface area contributed by atoms with Gasteiger partial charge in [0.2, 0.25) is 0 Å². The maximum atomic E-state index is 11.2. The van der Waals surface area contributed by atoms with Crippen LogP contribution in [0.15, 0.2) is 47.8 Å². The van der Waals surface area contributed by atoms with Gasteiger partial charge in [0, 0.05) is 16.6 Å². The Hall–Kier alpha value is -3.06. The monoisotopic (exact) mass is 327 g/mol. The van der Waals surface area contributed by atoms with Crippen LogP contribution in [0.5, 0.6) is 11.5 Å². The molecular formula is C16H11N2O4S-. The number of nitrogens with one attached hydrogen (secondary N) is 1. The van der Waals surface area contributed by atoms with Gasteiger partial charge in [0.15, 0.2) is 5.13 Å². The molecule has 116 valence electrons. The zero-order valence-corrected chi connectivity index (χ0v) is 12.5. The first-order chi connectivity index (χ1) is 11.0. The second kappa shape index (κ2) is 5.98. The van der Waals surface area contributed by atoms with Crippen LogP contribution < -0.4 is 10.4 Å². The Bertz CT molecular complexity index is 859. The number of aromatic hydroxyl groups is 1. The highest BCUT2D eigenvalue weighted by Gasteiger charge is 2.07. The quantitative estimate of drug-likeness (QED) is 0.680. The third-order valence-electron chi connectivity index (χ3n) is 3.14. The summed E-state index contributed by atoms with van der Waals surface area (Å²) in [6.45, 7) is 0. The summed E-state index contributed by atoms with van der Waals surface area (Å²) in [6.07, 6.45) is 0. The topological polar surface area (TPSA) is 106 Å². The van der Waals surface area contributed by atoms with Crippen LogP contribution in [-0.4, -0.2) is 21.2 Å². The van der Waals surface area contributed by atoms with Crippen molar-refractivity contribution < 1.29 is 20.1 Å². The summed E-state index contributed by atoms with van der Waals surface area (Å²) < 4.78 is 0. The number of hydrogen-bond acceptors (Lipinski definition) is 6. The van der Waals surface area contributed by atoms with Gasteiger partial charge in [-0.3, -0.25) is 0 Å². The summed E-state index contributed by atoms with van der Waals surface area (Å²) in [7, 11) is 0. The van der Waals surface area contributed by atoms with E-state index in [1.807, 2.05) is 0 Å². The fourth-order valence-electron chi connectivity index (χ4n) is 1.96. The molecule has 0 bridgehead atoms. The van der Waals surface area contributed by atoms with Crippen molar-refractivity contribution in [2.24, 2.45) is 0 Å². The number of rotatable bonds is 4. The predicted octanol–water partition coefficient (Wildman–Crippen LogP) is 3.03. The van der Waals surface area contributed by atoms with Crippen LogP contribution in [0.1, 0.15) is 10.4 Å². The number of anilines is 2. The van der Waals surface area contributed by atoms with Crippen LogP contribution in [0.2, 0.25) is 0 Å². The number of benzene rings is 2. The lowest BCUT2D eigenvalue weighted by Gasteiger charge is -2.08. The van der Waals surface area contributed by atoms with E-state index in [9.17, 15) is 15.0 Å². The Morgan fingerprint density at radius 3 is 2.57 bits per heavy atom. The number of hydrogen-bond donors (Lipinski definition) is 3. The largest absolute Gasteiger partial charge is 0.870 e. The van der Waals surface area contributed by atoms with Gasteiger partial charge in [0.1, 0.15) is 5.75 Å². The molecular weight excluding hydrogens is 316 g/mol. The van der Waals surface area contributed by atoms with Crippen molar-refractivity contribution in [1.82, 2.24) is 4.98 Å². The van der Waals surface area contributed by atoms with Gasteiger partial charge < -0.3 is 20.6 Å². The molecule has 23 heavy (non-hydrogen) atoms. The van der Waals surface area contributed by atoms with Crippen LogP contribution in [-0.2, 0) is 0 Å². The van der Waals surface area contributed by atoms with Gasteiger partial charge in [-0.05, 0) is 30.3 Å². The van der Waals surface area contributed by atoms with Gasteiger partial charge >= 0.3 is 5.97 Å². The van der Waals surface area contributed by atoms with E-state index in [0.29, 0.717) is 22.1 Å². The fourth-order valence-corrected chi connectivity index (χ4v) is 2.70. The maximum absolute atomic E-state index is 11.2. The second-order valence-electron chi connectivity index (χ2n) is 4.73. The van der Waals surface area contributed by atoms with Crippen LogP contribution in [0.3, 0.4) is 0 Å². The molecule has 0 unspecified atom stereocenters. The molecule has 2 aromatic carbocycles. The number of carboxylic acid groups (broad SMARTS) is 1. The predicted molar refractivity (Wildman–Crippen MR) is 85.3 cm³/mol. The van der Waals surface area contributed by atoms with E-state index in [4.69, 9.17) is 5.11 Å². The van der Waals surface area contributed by atoms with E-state index in [1.165, 1.54) is 35.6 Å². The van der Waals surface area contributed by atoms with Gasteiger partial charge in [0.05, 0.1) is 11.3 Å². The van der Waals surface area contributed by atoms with Crippen LogP contribution in [0.25, 0.3) is 11.3 Å². The number of aromatic carboxylic acids is 1. The number of phenols is 1. The molecule has 0 aliphatic heterocycles. The average molecular weight is 327 g/mol. The van der Waals surface area contributed by atoms with Crippen molar-refractivity contribution in [1.29, 1.82) is 0 Å². The zero-order chi connectivity index (χ0) is 16.4. The molecule has 0 radical (unpaired) electrons. The van der Waals surface area contributed by atoms with Crippen LogP contribution in [0.4, 0.5) is 10.8 Å². The molecule has 3 rings (SSSR count). The highest BCUT2D eigenvalue weighted by atomic mass is 32.1. The standard InChI is InChI=1S/C16H12N2O4S/c19-13-6-3-10(7-14(13)20)12-8-23-16(18-12)17-11-4-1-9(2-5-11)15(21)22/h1-8,19-20H,(H,17,18)(H,21,22)/p-1. The smallest absolute Gasteiger partial charge is 0.335 e. The first-order valence-corrected chi connectivity index (χ1v) is 7.47. The minimum Gasteiger partial charge on any atom is -0.870 e. The fraction of sp³-hybridized carbons (Fsp3) is 0. The van der Waals surface area contributed by atoms with Crippen molar-refractivity contribution in [3.63, 3.8) is 0 Å². The molecule has 0 amide bonds. The SMILES string of the molecule is O=C(O)c1ccc(Nc2nc(-c3ccc([O-])c(O)c3)cs2)cc1. The first-order valence-electron chi connectivity index (χ1n) is 6.59. The summed E-state index contributed by atoms with van der Waals surface area (Å²) in [6, 6.07) is 10.6. The van der Waals surface area contributed by atoms with Crippen molar-refractivity contribution in [2.75, 3.05) is 5.32 Å². The van der Waals surface area contributed by atoms with E-state index < -0.39 is 11.7 Å². The molecule has 0 aliphatic carbocycles. The van der Waals surface area contributed by atoms with Gasteiger partial charge in [0.25, 0.3) is 0 Å². The minimum absolute atomic E-state index is 0.212. The summed E-state index contributed by atoms with van der Waals surface area (Å²) >= 11 is 1.36. The lowest BCUT2D eigenvalue weighted by molar-refractivity contribution is -0.270. The van der Waals surface area contributed by atoms with Crippen LogP contribution >= 0.6 is 11.3 Å². The molecule has 0 saturated heterocycles. The van der Waals surface area contributed by atoms with Crippen molar-refractivity contribution in [3.05, 3.63) is 53.4 Å². The molecule has 0 fully saturated rings. The lowest BCUT2D eigenvalue weighted by atomic mass is 10.1. The lowest BCUT2D eigenvalue weighted by Crippen LogP contribution is -1.96. The Kier molecular flexibility index (Phi) is 3.86. The Labute approximate surface area is 135 Å². The third-order valence-corrected chi connectivity index (χ3v) is 3.90. The molecule has 0 aliphatic rings. The van der Waals surface area contributed by atoms with E-state index in [2.05, 4.69) is 10.3 Å². The Balaban J connectivity index is 1.79. The van der Waals surface area contributed by atoms with Gasteiger partial charge in [-0.15, -0.1) is 11.3 Å². The first kappa shape index (κ1) is 14.9. The number of nitrogens with zero attached hydrogens (tertiary/aromatic N) is 1. The number of carbonyl (C=O) groups is 1. The molecule has 1 heterocycles. The van der Waals surface area contributed by atoms with E-state index >= 15 is 0 Å². The highest BCUT2D eigenvalue weighted by Crippen LogP contribution is 2.31. The number of aromatic nitrogens is 1. The van der Waals surface area contributed by atoms with Gasteiger partial charge in [-0.1, -0.05) is 17.9 Å².